The molecule has 2 N–H and O–H groups in total. The van der Waals surface area contributed by atoms with Gasteiger partial charge in [0.1, 0.15) is 0 Å². The number of urea groups is 1. The molecule has 2 heterocycles. The molecular formula is C21H28N2O3S. The molecule has 1 aromatic carbocycles. The highest BCUT2D eigenvalue weighted by Crippen LogP contribution is 2.32. The molecule has 0 spiro atoms. The Morgan fingerprint density at radius 3 is 2.67 bits per heavy atom. The zero-order valence-corrected chi connectivity index (χ0v) is 16.8. The van der Waals surface area contributed by atoms with Crippen molar-refractivity contribution in [3.05, 3.63) is 57.8 Å². The maximum Gasteiger partial charge on any atom is 0.317 e. The Morgan fingerprint density at radius 2 is 2.04 bits per heavy atom. The summed E-state index contributed by atoms with van der Waals surface area (Å²) < 4.78 is 5.42. The van der Waals surface area contributed by atoms with Crippen molar-refractivity contribution in [2.75, 3.05) is 33.4 Å². The second-order valence-electron chi connectivity index (χ2n) is 7.38. The summed E-state index contributed by atoms with van der Waals surface area (Å²) in [4.78, 5) is 15.8. The molecule has 0 radical (unpaired) electrons. The molecule has 1 aromatic heterocycles. The van der Waals surface area contributed by atoms with Crippen LogP contribution < -0.4 is 5.32 Å². The largest absolute Gasteiger partial charge is 0.396 e. The van der Waals surface area contributed by atoms with Crippen LogP contribution in [0.5, 0.6) is 0 Å². The molecule has 0 saturated carbocycles. The van der Waals surface area contributed by atoms with Crippen LogP contribution in [0.25, 0.3) is 0 Å². The highest BCUT2D eigenvalue weighted by atomic mass is 32.1. The van der Waals surface area contributed by atoms with Gasteiger partial charge in [-0.15, -0.1) is 11.3 Å². The molecule has 2 aromatic rings. The summed E-state index contributed by atoms with van der Waals surface area (Å²) in [6, 6.07) is 11.9. The molecule has 1 aliphatic heterocycles. The van der Waals surface area contributed by atoms with E-state index in [0.717, 1.165) is 28.8 Å². The SMILES string of the molecule is Cc1ccccc1[C@H](NC(=O)N(C)CC1(CO)CCOCC1)c1cccs1. The second kappa shape index (κ2) is 8.87. The smallest absolute Gasteiger partial charge is 0.317 e. The van der Waals surface area contributed by atoms with Crippen LogP contribution in [0.2, 0.25) is 0 Å². The number of benzene rings is 1. The molecule has 0 bridgehead atoms. The van der Waals surface area contributed by atoms with E-state index in [1.807, 2.05) is 23.6 Å². The van der Waals surface area contributed by atoms with E-state index >= 15 is 0 Å². The summed E-state index contributed by atoms with van der Waals surface area (Å²) in [6.45, 7) is 3.92. The van der Waals surface area contributed by atoms with Crippen LogP contribution in [-0.4, -0.2) is 49.5 Å². The first-order valence-corrected chi connectivity index (χ1v) is 10.2. The van der Waals surface area contributed by atoms with Crippen molar-refractivity contribution in [2.24, 2.45) is 5.41 Å². The van der Waals surface area contributed by atoms with Crippen molar-refractivity contribution in [2.45, 2.75) is 25.8 Å². The van der Waals surface area contributed by atoms with Crippen LogP contribution in [0.3, 0.4) is 0 Å². The lowest BCUT2D eigenvalue weighted by atomic mass is 9.80. The van der Waals surface area contributed by atoms with Crippen molar-refractivity contribution in [3.63, 3.8) is 0 Å². The number of ether oxygens (including phenoxy) is 1. The van der Waals surface area contributed by atoms with E-state index < -0.39 is 0 Å². The lowest BCUT2D eigenvalue weighted by molar-refractivity contribution is -0.0261. The molecule has 27 heavy (non-hydrogen) atoms. The molecule has 1 atom stereocenters. The van der Waals surface area contributed by atoms with Gasteiger partial charge in [-0.05, 0) is 42.3 Å². The van der Waals surface area contributed by atoms with Crippen LogP contribution in [0, 0.1) is 12.3 Å². The molecular weight excluding hydrogens is 360 g/mol. The Balaban J connectivity index is 1.75. The third-order valence-corrected chi connectivity index (χ3v) is 6.34. The minimum absolute atomic E-state index is 0.0696. The summed E-state index contributed by atoms with van der Waals surface area (Å²) in [5.74, 6) is 0. The van der Waals surface area contributed by atoms with Gasteiger partial charge >= 0.3 is 6.03 Å². The molecule has 0 unspecified atom stereocenters. The fourth-order valence-electron chi connectivity index (χ4n) is 3.65. The van der Waals surface area contributed by atoms with E-state index in [0.29, 0.717) is 19.8 Å². The van der Waals surface area contributed by atoms with Gasteiger partial charge in [0, 0.05) is 37.1 Å². The van der Waals surface area contributed by atoms with Crippen LogP contribution in [0.15, 0.2) is 41.8 Å². The van der Waals surface area contributed by atoms with E-state index in [1.54, 1.807) is 23.3 Å². The van der Waals surface area contributed by atoms with E-state index in [4.69, 9.17) is 4.74 Å². The number of hydrogen-bond acceptors (Lipinski definition) is 4. The van der Waals surface area contributed by atoms with Gasteiger partial charge in [-0.2, -0.15) is 0 Å². The van der Waals surface area contributed by atoms with Crippen LogP contribution in [0.1, 0.15) is 34.9 Å². The van der Waals surface area contributed by atoms with Crippen molar-refractivity contribution < 1.29 is 14.6 Å². The number of carbonyl (C=O) groups is 1. The van der Waals surface area contributed by atoms with E-state index in [9.17, 15) is 9.90 Å². The number of nitrogens with zero attached hydrogens (tertiary/aromatic N) is 1. The quantitative estimate of drug-likeness (QED) is 0.795. The van der Waals surface area contributed by atoms with Gasteiger partial charge in [0.25, 0.3) is 0 Å². The normalized spacial score (nSPS) is 17.3. The van der Waals surface area contributed by atoms with Gasteiger partial charge in [-0.25, -0.2) is 4.79 Å². The van der Waals surface area contributed by atoms with Crippen LogP contribution in [-0.2, 0) is 4.74 Å². The maximum absolute atomic E-state index is 13.0. The first-order chi connectivity index (χ1) is 13.0. The average molecular weight is 389 g/mol. The average Bonchev–Trinajstić information content (AvgIpc) is 3.22. The third-order valence-electron chi connectivity index (χ3n) is 5.40. The first-order valence-electron chi connectivity index (χ1n) is 9.34. The number of nitrogens with one attached hydrogen (secondary N) is 1. The fourth-order valence-corrected chi connectivity index (χ4v) is 4.44. The molecule has 5 nitrogen and oxygen atoms in total. The highest BCUT2D eigenvalue weighted by Gasteiger charge is 2.34. The molecule has 0 aliphatic carbocycles. The Labute approximate surface area is 165 Å². The monoisotopic (exact) mass is 388 g/mol. The highest BCUT2D eigenvalue weighted by molar-refractivity contribution is 7.10. The number of rotatable bonds is 6. The minimum atomic E-state index is -0.272. The predicted octanol–water partition coefficient (Wildman–Crippen LogP) is 3.58. The maximum atomic E-state index is 13.0. The van der Waals surface area contributed by atoms with Crippen LogP contribution >= 0.6 is 11.3 Å². The van der Waals surface area contributed by atoms with Crippen molar-refractivity contribution in [1.82, 2.24) is 10.2 Å². The molecule has 146 valence electrons. The lowest BCUT2D eigenvalue weighted by Crippen LogP contribution is -2.48. The minimum Gasteiger partial charge on any atom is -0.396 e. The standard InChI is InChI=1S/C21H28N2O3S/c1-16-6-3-4-7-17(16)19(18-8-5-13-27-18)22-20(25)23(2)14-21(15-24)9-11-26-12-10-21/h3-8,13,19,24H,9-12,14-15H2,1-2H3,(H,22,25)/t19-/m0/s1. The van der Waals surface area contributed by atoms with Crippen molar-refractivity contribution in [1.29, 1.82) is 0 Å². The summed E-state index contributed by atoms with van der Waals surface area (Å²) in [7, 11) is 1.80. The van der Waals surface area contributed by atoms with E-state index in [1.165, 1.54) is 0 Å². The molecule has 1 aliphatic rings. The number of aliphatic hydroxyl groups excluding tert-OH is 1. The van der Waals surface area contributed by atoms with E-state index in [-0.39, 0.29) is 24.1 Å². The number of aryl methyl sites for hydroxylation is 1. The topological polar surface area (TPSA) is 61.8 Å². The molecule has 1 fully saturated rings. The fraction of sp³-hybridized carbons (Fsp3) is 0.476. The Bertz CT molecular complexity index is 742. The van der Waals surface area contributed by atoms with Gasteiger partial charge in [0.2, 0.25) is 0 Å². The van der Waals surface area contributed by atoms with Crippen molar-refractivity contribution >= 4 is 17.4 Å². The zero-order valence-electron chi connectivity index (χ0n) is 16.0. The summed E-state index contributed by atoms with van der Waals surface area (Å²) >= 11 is 1.64. The first kappa shape index (κ1) is 19.9. The Hall–Kier alpha value is -1.89. The summed E-state index contributed by atoms with van der Waals surface area (Å²) in [6.07, 6.45) is 1.54. The van der Waals surface area contributed by atoms with Gasteiger partial charge in [0.05, 0.1) is 12.6 Å². The Morgan fingerprint density at radius 1 is 1.30 bits per heavy atom. The number of amides is 2. The van der Waals surface area contributed by atoms with Gasteiger partial charge in [-0.3, -0.25) is 0 Å². The Kier molecular flexibility index (Phi) is 6.52. The van der Waals surface area contributed by atoms with Gasteiger partial charge < -0.3 is 20.1 Å². The third kappa shape index (κ3) is 4.69. The lowest BCUT2D eigenvalue weighted by Gasteiger charge is -2.38. The number of aliphatic hydroxyl groups is 1. The number of hydrogen-bond donors (Lipinski definition) is 2. The summed E-state index contributed by atoms with van der Waals surface area (Å²) in [5, 5.41) is 15.1. The summed E-state index contributed by atoms with van der Waals surface area (Å²) in [5.41, 5.74) is 1.98. The molecule has 3 rings (SSSR count). The van der Waals surface area contributed by atoms with E-state index in [2.05, 4.69) is 30.4 Å². The number of carbonyl (C=O) groups excluding carboxylic acids is 1. The second-order valence-corrected chi connectivity index (χ2v) is 8.36. The molecule has 2 amide bonds. The van der Waals surface area contributed by atoms with Gasteiger partial charge in [-0.1, -0.05) is 30.3 Å². The molecule has 6 heteroatoms. The molecule has 1 saturated heterocycles. The predicted molar refractivity (Wildman–Crippen MR) is 108 cm³/mol. The van der Waals surface area contributed by atoms with Gasteiger partial charge in [0.15, 0.2) is 0 Å². The zero-order chi connectivity index (χ0) is 19.3. The van der Waals surface area contributed by atoms with Crippen molar-refractivity contribution in [3.8, 4) is 0 Å². The van der Waals surface area contributed by atoms with Crippen LogP contribution in [0.4, 0.5) is 4.79 Å². The number of thiophene rings is 1.